The lowest BCUT2D eigenvalue weighted by Crippen LogP contribution is -2.13. The summed E-state index contributed by atoms with van der Waals surface area (Å²) in [5, 5.41) is 7.42. The van der Waals surface area contributed by atoms with Crippen LogP contribution in [0.25, 0.3) is 0 Å². The summed E-state index contributed by atoms with van der Waals surface area (Å²) in [4.78, 5) is 4.38. The van der Waals surface area contributed by atoms with Crippen molar-refractivity contribution in [2.75, 3.05) is 7.05 Å². The molecule has 0 aliphatic carbocycles. The molecule has 1 aromatic heterocycles. The lowest BCUT2D eigenvalue weighted by molar-refractivity contribution is 0.469. The topological polar surface area (TPSA) is 42.7 Å². The maximum absolute atomic E-state index is 6.12. The molecule has 0 saturated carbocycles. The van der Waals surface area contributed by atoms with Crippen LogP contribution >= 0.6 is 11.6 Å². The van der Waals surface area contributed by atoms with Gasteiger partial charge in [0.05, 0.1) is 11.9 Å². The zero-order valence-electron chi connectivity index (χ0n) is 7.63. The van der Waals surface area contributed by atoms with Gasteiger partial charge >= 0.3 is 0 Å². The number of fused-ring (bicyclic) bond motifs is 1. The van der Waals surface area contributed by atoms with Crippen molar-refractivity contribution in [2.45, 2.75) is 31.3 Å². The fourth-order valence-corrected chi connectivity index (χ4v) is 1.90. The molecule has 1 unspecified atom stereocenters. The van der Waals surface area contributed by atoms with Crippen LogP contribution in [0.3, 0.4) is 0 Å². The average Bonchev–Trinajstić information content (AvgIpc) is 2.49. The lowest BCUT2D eigenvalue weighted by atomic mass is 10.2. The van der Waals surface area contributed by atoms with E-state index in [-0.39, 0.29) is 5.38 Å². The van der Waals surface area contributed by atoms with Gasteiger partial charge in [-0.25, -0.2) is 9.67 Å². The summed E-state index contributed by atoms with van der Waals surface area (Å²) < 4.78 is 1.92. The van der Waals surface area contributed by atoms with Crippen molar-refractivity contribution < 1.29 is 0 Å². The fraction of sp³-hybridized carbons (Fsp3) is 0.750. The lowest BCUT2D eigenvalue weighted by Gasteiger charge is -2.15. The van der Waals surface area contributed by atoms with E-state index in [1.165, 1.54) is 0 Å². The molecule has 1 N–H and O–H groups in total. The van der Waals surface area contributed by atoms with Crippen molar-refractivity contribution in [3.8, 4) is 0 Å². The van der Waals surface area contributed by atoms with E-state index in [0.717, 1.165) is 31.0 Å². The van der Waals surface area contributed by atoms with Crippen LogP contribution in [0, 0.1) is 0 Å². The molecule has 4 nitrogen and oxygen atoms in total. The molecule has 0 bridgehead atoms. The number of hydrogen-bond donors (Lipinski definition) is 1. The zero-order chi connectivity index (χ0) is 9.26. The fourth-order valence-electron chi connectivity index (χ4n) is 1.58. The Kier molecular flexibility index (Phi) is 2.51. The van der Waals surface area contributed by atoms with Crippen LogP contribution in [-0.2, 0) is 13.1 Å². The third-order valence-corrected chi connectivity index (χ3v) is 2.60. The Morgan fingerprint density at radius 3 is 3.23 bits per heavy atom. The molecule has 2 heterocycles. The number of aromatic nitrogens is 3. The van der Waals surface area contributed by atoms with Crippen LogP contribution in [0.1, 0.15) is 29.9 Å². The molecule has 2 rings (SSSR count). The van der Waals surface area contributed by atoms with Crippen molar-refractivity contribution in [1.29, 1.82) is 0 Å². The number of nitrogens with zero attached hydrogens (tertiary/aromatic N) is 3. The second-order valence-electron chi connectivity index (χ2n) is 3.25. The van der Waals surface area contributed by atoms with Gasteiger partial charge in [-0.05, 0) is 19.9 Å². The Balaban J connectivity index is 2.25. The van der Waals surface area contributed by atoms with Crippen LogP contribution in [0.15, 0.2) is 0 Å². The van der Waals surface area contributed by atoms with Gasteiger partial charge in [-0.3, -0.25) is 0 Å². The van der Waals surface area contributed by atoms with E-state index in [4.69, 9.17) is 11.6 Å². The number of aryl methyl sites for hydroxylation is 1. The Labute approximate surface area is 82.3 Å². The highest BCUT2D eigenvalue weighted by molar-refractivity contribution is 6.20. The van der Waals surface area contributed by atoms with Gasteiger partial charge in [0.15, 0.2) is 5.82 Å². The summed E-state index contributed by atoms with van der Waals surface area (Å²) in [6.07, 6.45) is 2.11. The first kappa shape index (κ1) is 8.97. The predicted molar refractivity (Wildman–Crippen MR) is 50.6 cm³/mol. The highest BCUT2D eigenvalue weighted by Gasteiger charge is 2.21. The molecule has 0 radical (unpaired) electrons. The molecule has 1 aromatic rings. The van der Waals surface area contributed by atoms with Crippen LogP contribution in [0.5, 0.6) is 0 Å². The summed E-state index contributed by atoms with van der Waals surface area (Å²) in [5.74, 6) is 1.77. The predicted octanol–water partition coefficient (Wildman–Crippen LogP) is 1.07. The number of nitrogens with one attached hydrogen (secondary N) is 1. The minimum Gasteiger partial charge on any atom is -0.313 e. The van der Waals surface area contributed by atoms with Crippen molar-refractivity contribution in [1.82, 2.24) is 20.1 Å². The van der Waals surface area contributed by atoms with E-state index in [1.54, 1.807) is 0 Å². The molecule has 1 aliphatic heterocycles. The van der Waals surface area contributed by atoms with Gasteiger partial charge in [0.25, 0.3) is 0 Å². The van der Waals surface area contributed by atoms with E-state index in [0.29, 0.717) is 6.54 Å². The van der Waals surface area contributed by atoms with E-state index < -0.39 is 0 Å². The summed E-state index contributed by atoms with van der Waals surface area (Å²) >= 11 is 6.12. The highest BCUT2D eigenvalue weighted by atomic mass is 35.5. The molecule has 13 heavy (non-hydrogen) atoms. The summed E-state index contributed by atoms with van der Waals surface area (Å²) in [6, 6.07) is 0. The third kappa shape index (κ3) is 1.69. The van der Waals surface area contributed by atoms with Gasteiger partial charge in [0, 0.05) is 6.54 Å². The molecule has 1 aliphatic rings. The van der Waals surface area contributed by atoms with E-state index in [1.807, 2.05) is 11.7 Å². The van der Waals surface area contributed by atoms with Crippen molar-refractivity contribution >= 4 is 11.6 Å². The Morgan fingerprint density at radius 1 is 1.69 bits per heavy atom. The normalized spacial score (nSPS) is 21.5. The van der Waals surface area contributed by atoms with Crippen LogP contribution in [-0.4, -0.2) is 21.8 Å². The molecule has 0 saturated heterocycles. The molecule has 5 heteroatoms. The van der Waals surface area contributed by atoms with Gasteiger partial charge in [0.1, 0.15) is 5.82 Å². The largest absolute Gasteiger partial charge is 0.313 e. The minimum absolute atomic E-state index is 0.0480. The second-order valence-corrected chi connectivity index (χ2v) is 3.78. The molecule has 0 fully saturated rings. The SMILES string of the molecule is CNCc1nc2n(n1)CCCC2Cl. The maximum atomic E-state index is 6.12. The molecule has 0 aromatic carbocycles. The first-order chi connectivity index (χ1) is 6.31. The smallest absolute Gasteiger partial charge is 0.164 e. The van der Waals surface area contributed by atoms with Gasteiger partial charge in [-0.1, -0.05) is 0 Å². The van der Waals surface area contributed by atoms with Crippen LogP contribution in [0.4, 0.5) is 0 Å². The summed E-state index contributed by atoms with van der Waals surface area (Å²) in [6.45, 7) is 1.67. The molecule has 1 atom stereocenters. The molecule has 0 amide bonds. The number of hydrogen-bond acceptors (Lipinski definition) is 3. The van der Waals surface area contributed by atoms with Crippen molar-refractivity contribution in [2.24, 2.45) is 0 Å². The summed E-state index contributed by atoms with van der Waals surface area (Å²) in [7, 11) is 1.89. The monoisotopic (exact) mass is 200 g/mol. The highest BCUT2D eigenvalue weighted by Crippen LogP contribution is 2.28. The maximum Gasteiger partial charge on any atom is 0.164 e. The van der Waals surface area contributed by atoms with Gasteiger partial charge < -0.3 is 5.32 Å². The van der Waals surface area contributed by atoms with Crippen molar-refractivity contribution in [3.63, 3.8) is 0 Å². The molecule has 72 valence electrons. The van der Waals surface area contributed by atoms with Crippen LogP contribution in [0.2, 0.25) is 0 Å². The van der Waals surface area contributed by atoms with E-state index in [9.17, 15) is 0 Å². The molecular weight excluding hydrogens is 188 g/mol. The standard InChI is InChI=1S/C8H13ClN4/c1-10-5-7-11-8-6(9)3-2-4-13(8)12-7/h6,10H,2-5H2,1H3. The minimum atomic E-state index is 0.0480. The first-order valence-electron chi connectivity index (χ1n) is 4.53. The van der Waals surface area contributed by atoms with E-state index >= 15 is 0 Å². The first-order valence-corrected chi connectivity index (χ1v) is 4.97. The quantitative estimate of drug-likeness (QED) is 0.727. The van der Waals surface area contributed by atoms with Crippen LogP contribution < -0.4 is 5.32 Å². The number of rotatable bonds is 2. The third-order valence-electron chi connectivity index (χ3n) is 2.19. The van der Waals surface area contributed by atoms with Gasteiger partial charge in [-0.2, -0.15) is 5.10 Å². The van der Waals surface area contributed by atoms with E-state index in [2.05, 4.69) is 15.4 Å². The Hall–Kier alpha value is -0.610. The summed E-state index contributed by atoms with van der Waals surface area (Å²) in [5.41, 5.74) is 0. The van der Waals surface area contributed by atoms with Gasteiger partial charge in [-0.15, -0.1) is 11.6 Å². The zero-order valence-corrected chi connectivity index (χ0v) is 8.38. The Morgan fingerprint density at radius 2 is 2.54 bits per heavy atom. The van der Waals surface area contributed by atoms with Crippen molar-refractivity contribution in [3.05, 3.63) is 11.6 Å². The second kappa shape index (κ2) is 3.64. The van der Waals surface area contributed by atoms with Gasteiger partial charge in [0.2, 0.25) is 0 Å². The Bertz CT molecular complexity index is 296. The average molecular weight is 201 g/mol. The molecule has 0 spiro atoms. The number of halogens is 1. The number of alkyl halides is 1. The molecular formula is C8H13ClN4.